The van der Waals surface area contributed by atoms with Gasteiger partial charge in [0, 0.05) is 6.54 Å². The van der Waals surface area contributed by atoms with Gasteiger partial charge in [0.25, 0.3) is 0 Å². The van der Waals surface area contributed by atoms with Crippen molar-refractivity contribution in [2.24, 2.45) is 11.8 Å². The first-order valence-electron chi connectivity index (χ1n) is 7.31. The predicted molar refractivity (Wildman–Crippen MR) is 70.5 cm³/mol. The lowest BCUT2D eigenvalue weighted by Crippen LogP contribution is -2.23. The number of likely N-dealkylation sites (N-methyl/N-ethyl adjacent to an activating group) is 1. The van der Waals surface area contributed by atoms with E-state index in [1.807, 2.05) is 0 Å². The summed E-state index contributed by atoms with van der Waals surface area (Å²) < 4.78 is 0. The maximum atomic E-state index is 3.53. The van der Waals surface area contributed by atoms with Crippen LogP contribution in [-0.2, 0) is 0 Å². The van der Waals surface area contributed by atoms with E-state index >= 15 is 0 Å². The quantitative estimate of drug-likeness (QED) is 0.694. The predicted octanol–water partition coefficient (Wildman–Crippen LogP) is 3.90. The van der Waals surface area contributed by atoms with Crippen LogP contribution in [0.15, 0.2) is 11.6 Å². The number of nitrogens with one attached hydrogen (secondary N) is 1. The van der Waals surface area contributed by atoms with E-state index in [0.717, 1.165) is 24.9 Å². The molecule has 1 heteroatoms. The summed E-state index contributed by atoms with van der Waals surface area (Å²) in [5.74, 6) is 1.84. The maximum absolute atomic E-state index is 3.53. The number of allylic oxidation sites excluding steroid dienone is 1. The molecule has 1 N–H and O–H groups in total. The van der Waals surface area contributed by atoms with Gasteiger partial charge < -0.3 is 5.32 Å². The minimum absolute atomic E-state index is 0.911. The molecule has 0 bridgehead atoms. The Hall–Kier alpha value is -0.300. The average Bonchev–Trinajstić information content (AvgIpc) is 2.28. The molecule has 0 amide bonds. The van der Waals surface area contributed by atoms with E-state index in [1.165, 1.54) is 51.4 Å². The lowest BCUT2D eigenvalue weighted by Gasteiger charge is -2.29. The summed E-state index contributed by atoms with van der Waals surface area (Å²) >= 11 is 0. The molecule has 0 unspecified atom stereocenters. The van der Waals surface area contributed by atoms with Crippen LogP contribution in [0.4, 0.5) is 0 Å². The van der Waals surface area contributed by atoms with Crippen molar-refractivity contribution in [3.8, 4) is 0 Å². The van der Waals surface area contributed by atoms with Crippen LogP contribution in [0.5, 0.6) is 0 Å². The van der Waals surface area contributed by atoms with Crippen LogP contribution in [-0.4, -0.2) is 13.1 Å². The Kier molecular flexibility index (Phi) is 4.90. The Morgan fingerprint density at radius 1 is 1.06 bits per heavy atom. The van der Waals surface area contributed by atoms with Gasteiger partial charge in [0.2, 0.25) is 0 Å². The van der Waals surface area contributed by atoms with Gasteiger partial charge in [-0.2, -0.15) is 0 Å². The lowest BCUT2D eigenvalue weighted by molar-refractivity contribution is 0.364. The molecule has 2 fully saturated rings. The van der Waals surface area contributed by atoms with Crippen molar-refractivity contribution in [2.75, 3.05) is 13.1 Å². The van der Waals surface area contributed by atoms with E-state index in [2.05, 4.69) is 18.3 Å². The molecule has 0 heterocycles. The Balaban J connectivity index is 1.91. The van der Waals surface area contributed by atoms with E-state index in [9.17, 15) is 0 Å². The minimum Gasteiger partial charge on any atom is -0.313 e. The van der Waals surface area contributed by atoms with Gasteiger partial charge in [-0.25, -0.2) is 0 Å². The van der Waals surface area contributed by atoms with Gasteiger partial charge in [0.05, 0.1) is 0 Å². The molecule has 2 rings (SSSR count). The first kappa shape index (κ1) is 12.2. The molecule has 0 aromatic rings. The molecule has 0 spiro atoms. The van der Waals surface area contributed by atoms with Crippen molar-refractivity contribution in [3.63, 3.8) is 0 Å². The second-order valence-corrected chi connectivity index (χ2v) is 5.55. The summed E-state index contributed by atoms with van der Waals surface area (Å²) in [6.45, 7) is 4.47. The lowest BCUT2D eigenvalue weighted by atomic mass is 9.78. The molecule has 0 aromatic heterocycles. The number of rotatable bonds is 5. The highest BCUT2D eigenvalue weighted by Crippen LogP contribution is 2.34. The highest BCUT2D eigenvalue weighted by molar-refractivity contribution is 5.12. The summed E-state index contributed by atoms with van der Waals surface area (Å²) in [6, 6.07) is 0. The average molecular weight is 221 g/mol. The highest BCUT2D eigenvalue weighted by atomic mass is 14.8. The first-order chi connectivity index (χ1) is 7.90. The van der Waals surface area contributed by atoms with Gasteiger partial charge in [-0.3, -0.25) is 0 Å². The fourth-order valence-electron chi connectivity index (χ4n) is 2.99. The Bertz CT molecular complexity index is 222. The van der Waals surface area contributed by atoms with Gasteiger partial charge in [-0.15, -0.1) is 0 Å². The van der Waals surface area contributed by atoms with E-state index in [0.29, 0.717) is 0 Å². The molecule has 0 saturated heterocycles. The molecular formula is C15H27N. The van der Waals surface area contributed by atoms with Crippen molar-refractivity contribution < 1.29 is 0 Å². The third-order valence-electron chi connectivity index (χ3n) is 4.31. The zero-order valence-electron chi connectivity index (χ0n) is 10.8. The van der Waals surface area contributed by atoms with Crippen molar-refractivity contribution in [1.82, 2.24) is 5.32 Å². The van der Waals surface area contributed by atoms with E-state index in [1.54, 1.807) is 5.57 Å². The molecule has 2 saturated carbocycles. The summed E-state index contributed by atoms with van der Waals surface area (Å²) in [4.78, 5) is 0. The molecule has 0 atom stereocenters. The minimum atomic E-state index is 0.911. The second-order valence-electron chi connectivity index (χ2n) is 5.55. The first-order valence-corrected chi connectivity index (χ1v) is 7.31. The fraction of sp³-hybridized carbons (Fsp3) is 0.867. The van der Waals surface area contributed by atoms with Crippen LogP contribution < -0.4 is 5.32 Å². The number of hydrogen-bond acceptors (Lipinski definition) is 1. The summed E-state index contributed by atoms with van der Waals surface area (Å²) in [7, 11) is 0. The van der Waals surface area contributed by atoms with Crippen LogP contribution in [0.3, 0.4) is 0 Å². The number of hydrogen-bond donors (Lipinski definition) is 1. The Morgan fingerprint density at radius 3 is 2.38 bits per heavy atom. The van der Waals surface area contributed by atoms with Crippen molar-refractivity contribution >= 4 is 0 Å². The maximum Gasteiger partial charge on any atom is 0.0167 e. The van der Waals surface area contributed by atoms with Crippen LogP contribution >= 0.6 is 0 Å². The summed E-state index contributed by atoms with van der Waals surface area (Å²) in [5.41, 5.74) is 1.74. The van der Waals surface area contributed by atoms with Gasteiger partial charge in [-0.05, 0) is 44.1 Å². The third-order valence-corrected chi connectivity index (χ3v) is 4.31. The normalized spacial score (nSPS) is 24.4. The van der Waals surface area contributed by atoms with Crippen LogP contribution in [0.1, 0.15) is 58.3 Å². The third kappa shape index (κ3) is 3.35. The van der Waals surface area contributed by atoms with E-state index < -0.39 is 0 Å². The Labute approximate surface area is 101 Å². The Morgan fingerprint density at radius 2 is 1.81 bits per heavy atom. The van der Waals surface area contributed by atoms with E-state index in [4.69, 9.17) is 0 Å². The molecule has 0 aliphatic heterocycles. The van der Waals surface area contributed by atoms with Gasteiger partial charge in [0.15, 0.2) is 0 Å². The molecule has 0 radical (unpaired) electrons. The highest BCUT2D eigenvalue weighted by Gasteiger charge is 2.21. The van der Waals surface area contributed by atoms with Gasteiger partial charge in [-0.1, -0.05) is 44.3 Å². The molecule has 1 nitrogen and oxygen atoms in total. The monoisotopic (exact) mass is 221 g/mol. The second kappa shape index (κ2) is 6.44. The molecule has 2 aliphatic carbocycles. The molecule has 0 aromatic carbocycles. The molecule has 16 heavy (non-hydrogen) atoms. The zero-order valence-corrected chi connectivity index (χ0v) is 10.8. The topological polar surface area (TPSA) is 12.0 Å². The summed E-state index contributed by atoms with van der Waals surface area (Å²) in [6.07, 6.45) is 14.3. The largest absolute Gasteiger partial charge is 0.313 e. The van der Waals surface area contributed by atoms with Crippen LogP contribution in [0.2, 0.25) is 0 Å². The molecule has 92 valence electrons. The SMILES string of the molecule is CCNCC(=CC1CCC1)C1CCCCC1. The van der Waals surface area contributed by atoms with Crippen molar-refractivity contribution in [3.05, 3.63) is 11.6 Å². The fourth-order valence-corrected chi connectivity index (χ4v) is 2.99. The van der Waals surface area contributed by atoms with Gasteiger partial charge in [0.1, 0.15) is 0 Å². The van der Waals surface area contributed by atoms with Crippen molar-refractivity contribution in [1.29, 1.82) is 0 Å². The smallest absolute Gasteiger partial charge is 0.0167 e. The molecule has 2 aliphatic rings. The van der Waals surface area contributed by atoms with Crippen LogP contribution in [0, 0.1) is 11.8 Å². The van der Waals surface area contributed by atoms with E-state index in [-0.39, 0.29) is 0 Å². The van der Waals surface area contributed by atoms with Crippen molar-refractivity contribution in [2.45, 2.75) is 58.3 Å². The zero-order chi connectivity index (χ0) is 11.2. The van der Waals surface area contributed by atoms with Gasteiger partial charge >= 0.3 is 0 Å². The van der Waals surface area contributed by atoms with Crippen LogP contribution in [0.25, 0.3) is 0 Å². The summed E-state index contributed by atoms with van der Waals surface area (Å²) in [5, 5.41) is 3.53. The molecular weight excluding hydrogens is 194 g/mol. The standard InChI is InChI=1S/C15H27N/c1-2-16-12-15(11-13-7-6-8-13)14-9-4-3-5-10-14/h11,13-14,16H,2-10,12H2,1H3.